The summed E-state index contributed by atoms with van der Waals surface area (Å²) in [5.41, 5.74) is 1.49. The Labute approximate surface area is 233 Å². The molecule has 1 saturated heterocycles. The van der Waals surface area contributed by atoms with Crippen molar-refractivity contribution in [3.8, 4) is 0 Å². The van der Waals surface area contributed by atoms with Crippen LogP contribution < -0.4 is 0 Å². The van der Waals surface area contributed by atoms with E-state index in [4.69, 9.17) is 23.2 Å². The minimum Gasteiger partial charge on any atom is -0.464 e. The maximum Gasteiger partial charge on any atom is 0.419 e. The number of halogens is 2. The molecule has 4 rings (SSSR count). The van der Waals surface area contributed by atoms with Crippen LogP contribution in [0.4, 0.5) is 4.79 Å². The number of rotatable bonds is 7. The molecule has 3 aromatic rings. The molecule has 8 heteroatoms. The fourth-order valence-corrected chi connectivity index (χ4v) is 6.52. The quantitative estimate of drug-likeness (QED) is 0.324. The largest absolute Gasteiger partial charge is 0.464 e. The fraction of sp³-hybridized carbons (Fsp3) is 0.333. The molecule has 4 atom stereocenters. The van der Waals surface area contributed by atoms with Crippen LogP contribution in [-0.2, 0) is 17.6 Å². The van der Waals surface area contributed by atoms with Crippen LogP contribution in [0.3, 0.4) is 0 Å². The summed E-state index contributed by atoms with van der Waals surface area (Å²) in [4.78, 5) is 27.7. The van der Waals surface area contributed by atoms with Gasteiger partial charge in [-0.3, -0.25) is 9.28 Å². The van der Waals surface area contributed by atoms with Gasteiger partial charge in [0, 0.05) is 11.8 Å². The second-order valence-electron chi connectivity index (χ2n) is 10.9. The van der Waals surface area contributed by atoms with Gasteiger partial charge in [0.1, 0.15) is 0 Å². The number of imide groups is 1. The molecule has 1 aliphatic rings. The molecule has 3 aromatic carbocycles. The second kappa shape index (κ2) is 11.1. The van der Waals surface area contributed by atoms with Gasteiger partial charge in [0.15, 0.2) is 12.3 Å². The highest BCUT2D eigenvalue weighted by atomic mass is 35.5. The SMILES string of the molecule is CC(C)(C)[C@H]1C(=O)N(C(=O)O)[C@@H](c2c(Cl)cccc2Cl)[N+]1(CCc1ccccc1)[C@H](O)Cc1ccccc1. The Morgan fingerprint density at radius 3 is 1.95 bits per heavy atom. The molecular formula is C30H33Cl2N2O4+. The van der Waals surface area contributed by atoms with Crippen LogP contribution in [0.25, 0.3) is 0 Å². The predicted molar refractivity (Wildman–Crippen MR) is 149 cm³/mol. The van der Waals surface area contributed by atoms with Crippen LogP contribution >= 0.6 is 23.2 Å². The minimum absolute atomic E-state index is 0.210. The summed E-state index contributed by atoms with van der Waals surface area (Å²) in [5.74, 6) is -0.578. The van der Waals surface area contributed by atoms with Gasteiger partial charge < -0.3 is 10.2 Å². The molecule has 1 heterocycles. The minimum atomic E-state index is -1.41. The number of nitrogens with zero attached hydrogens (tertiary/aromatic N) is 2. The van der Waals surface area contributed by atoms with Crippen LogP contribution in [0.5, 0.6) is 0 Å². The zero-order chi connectivity index (χ0) is 27.7. The van der Waals surface area contributed by atoms with Crippen LogP contribution in [-0.4, -0.2) is 50.4 Å². The molecule has 0 saturated carbocycles. The standard InChI is InChI=1S/C30H32Cl2N2O4/c1-30(2,3)26-28(36)33(29(37)38)27(25-22(31)15-10-16-23(25)32)34(26,18-17-20-11-6-4-7-12-20)24(35)19-21-13-8-5-9-14-21/h4-16,24,26-27,35H,17-19H2,1-3H3/p+1/t24-,26-,27-,34?/m1/s1. The number of hydrogen-bond donors (Lipinski definition) is 2. The summed E-state index contributed by atoms with van der Waals surface area (Å²) in [5, 5.41) is 23.1. The lowest BCUT2D eigenvalue weighted by Crippen LogP contribution is -2.66. The molecule has 38 heavy (non-hydrogen) atoms. The number of carboxylic acid groups (broad SMARTS) is 1. The lowest BCUT2D eigenvalue weighted by Gasteiger charge is -2.50. The third-order valence-electron chi connectivity index (χ3n) is 7.38. The molecule has 0 aliphatic carbocycles. The second-order valence-corrected chi connectivity index (χ2v) is 11.7. The fourth-order valence-electron chi connectivity index (χ4n) is 5.93. The molecule has 1 fully saturated rings. The van der Waals surface area contributed by atoms with E-state index in [2.05, 4.69) is 0 Å². The topological polar surface area (TPSA) is 77.8 Å². The molecule has 200 valence electrons. The average molecular weight is 557 g/mol. The van der Waals surface area contributed by atoms with Gasteiger partial charge in [0.25, 0.3) is 5.91 Å². The first kappa shape index (κ1) is 28.1. The van der Waals surface area contributed by atoms with E-state index in [0.717, 1.165) is 16.0 Å². The summed E-state index contributed by atoms with van der Waals surface area (Å²) < 4.78 is -0.248. The average Bonchev–Trinajstić information content (AvgIpc) is 3.13. The summed E-state index contributed by atoms with van der Waals surface area (Å²) in [7, 11) is 0. The van der Waals surface area contributed by atoms with Crippen molar-refractivity contribution >= 4 is 35.2 Å². The first-order valence-corrected chi connectivity index (χ1v) is 13.4. The molecule has 0 bridgehead atoms. The Morgan fingerprint density at radius 2 is 1.45 bits per heavy atom. The van der Waals surface area contributed by atoms with Crippen LogP contribution in [0.2, 0.25) is 10.0 Å². The highest BCUT2D eigenvalue weighted by Crippen LogP contribution is 2.52. The molecule has 0 radical (unpaired) electrons. The van der Waals surface area contributed by atoms with Crippen molar-refractivity contribution < 1.29 is 24.3 Å². The molecular weight excluding hydrogens is 523 g/mol. The van der Waals surface area contributed by atoms with Crippen LogP contribution in [0.1, 0.15) is 43.6 Å². The number of amides is 2. The van der Waals surface area contributed by atoms with E-state index in [1.54, 1.807) is 18.2 Å². The normalized spacial score (nSPS) is 22.5. The lowest BCUT2D eigenvalue weighted by atomic mass is 9.83. The number of quaternary nitrogens is 1. The van der Waals surface area contributed by atoms with Gasteiger partial charge in [0.05, 0.1) is 28.6 Å². The third kappa shape index (κ3) is 5.19. The van der Waals surface area contributed by atoms with Gasteiger partial charge in [-0.15, -0.1) is 0 Å². The first-order chi connectivity index (χ1) is 18.0. The van der Waals surface area contributed by atoms with E-state index >= 15 is 0 Å². The molecule has 0 aromatic heterocycles. The van der Waals surface area contributed by atoms with Crippen molar-refractivity contribution in [2.75, 3.05) is 6.54 Å². The Morgan fingerprint density at radius 1 is 0.921 bits per heavy atom. The van der Waals surface area contributed by atoms with E-state index in [9.17, 15) is 19.8 Å². The van der Waals surface area contributed by atoms with E-state index in [-0.39, 0.29) is 27.5 Å². The van der Waals surface area contributed by atoms with Gasteiger partial charge in [-0.1, -0.05) is 111 Å². The summed E-state index contributed by atoms with van der Waals surface area (Å²) in [6.45, 7) is 5.98. The van der Waals surface area contributed by atoms with Crippen molar-refractivity contribution in [3.63, 3.8) is 0 Å². The van der Waals surface area contributed by atoms with Gasteiger partial charge in [-0.05, 0) is 23.3 Å². The van der Waals surface area contributed by atoms with Crippen molar-refractivity contribution in [3.05, 3.63) is 106 Å². The number of hydrogen-bond acceptors (Lipinski definition) is 3. The summed E-state index contributed by atoms with van der Waals surface area (Å²) in [6, 6.07) is 23.3. The first-order valence-electron chi connectivity index (χ1n) is 12.6. The van der Waals surface area contributed by atoms with Crippen molar-refractivity contribution in [1.29, 1.82) is 0 Å². The maximum atomic E-state index is 14.1. The number of carbonyl (C=O) groups excluding carboxylic acids is 1. The third-order valence-corrected chi connectivity index (χ3v) is 8.04. The van der Waals surface area contributed by atoms with Gasteiger partial charge in [0.2, 0.25) is 6.17 Å². The number of aliphatic hydroxyl groups is 1. The van der Waals surface area contributed by atoms with Gasteiger partial charge in [-0.25, -0.2) is 4.79 Å². The van der Waals surface area contributed by atoms with E-state index < -0.39 is 35.9 Å². The Bertz CT molecular complexity index is 1280. The maximum absolute atomic E-state index is 14.1. The number of benzene rings is 3. The monoisotopic (exact) mass is 555 g/mol. The highest BCUT2D eigenvalue weighted by molar-refractivity contribution is 6.36. The lowest BCUT2D eigenvalue weighted by molar-refractivity contribution is -1.01. The smallest absolute Gasteiger partial charge is 0.419 e. The molecule has 2 amide bonds. The van der Waals surface area contributed by atoms with E-state index in [0.29, 0.717) is 12.0 Å². The zero-order valence-electron chi connectivity index (χ0n) is 21.7. The zero-order valence-corrected chi connectivity index (χ0v) is 23.2. The van der Waals surface area contributed by atoms with E-state index in [1.165, 1.54) is 0 Å². The molecule has 0 spiro atoms. The molecule has 1 aliphatic heterocycles. The van der Waals surface area contributed by atoms with Crippen LogP contribution in [0, 0.1) is 5.41 Å². The van der Waals surface area contributed by atoms with E-state index in [1.807, 2.05) is 81.4 Å². The Hall–Kier alpha value is -2.90. The molecule has 2 N–H and O–H groups in total. The van der Waals surface area contributed by atoms with Crippen molar-refractivity contribution in [1.82, 2.24) is 4.90 Å². The number of aliphatic hydroxyl groups excluding tert-OH is 1. The summed E-state index contributed by atoms with van der Waals surface area (Å²) in [6.07, 6.45) is -2.99. The molecule has 1 unspecified atom stereocenters. The van der Waals surface area contributed by atoms with Crippen LogP contribution in [0.15, 0.2) is 78.9 Å². The van der Waals surface area contributed by atoms with Crippen molar-refractivity contribution in [2.45, 2.75) is 52.0 Å². The number of carbonyl (C=O) groups is 2. The van der Waals surface area contributed by atoms with Gasteiger partial charge >= 0.3 is 6.09 Å². The predicted octanol–water partition coefficient (Wildman–Crippen LogP) is 6.55. The molecule has 6 nitrogen and oxygen atoms in total. The Kier molecular flexibility index (Phi) is 8.19. The van der Waals surface area contributed by atoms with Gasteiger partial charge in [-0.2, -0.15) is 4.90 Å². The summed E-state index contributed by atoms with van der Waals surface area (Å²) >= 11 is 13.4. The highest BCUT2D eigenvalue weighted by Gasteiger charge is 2.68. The Balaban J connectivity index is 2.01. The van der Waals surface area contributed by atoms with Crippen molar-refractivity contribution in [2.24, 2.45) is 5.41 Å².